The molecule has 1 aromatic carbocycles. The van der Waals surface area contributed by atoms with Gasteiger partial charge in [-0.1, -0.05) is 30.5 Å². The molecule has 0 radical (unpaired) electrons. The first kappa shape index (κ1) is 19.5. The van der Waals surface area contributed by atoms with Crippen molar-refractivity contribution in [1.29, 1.82) is 0 Å². The van der Waals surface area contributed by atoms with Gasteiger partial charge in [0.1, 0.15) is 6.10 Å². The maximum Gasteiger partial charge on any atom is 0.338 e. The Morgan fingerprint density at radius 3 is 2.15 bits per heavy atom. The molecule has 0 bridgehead atoms. The van der Waals surface area contributed by atoms with E-state index in [0.29, 0.717) is 10.6 Å². The molecule has 3 heteroatoms. The maximum absolute atomic E-state index is 12.3. The number of benzene rings is 1. The van der Waals surface area contributed by atoms with Crippen LogP contribution in [0.25, 0.3) is 0 Å². The van der Waals surface area contributed by atoms with Gasteiger partial charge in [-0.05, 0) is 93.4 Å². The third-order valence-corrected chi connectivity index (χ3v) is 6.66. The lowest BCUT2D eigenvalue weighted by Gasteiger charge is -2.37. The maximum atomic E-state index is 12.3. The molecule has 0 amide bonds. The van der Waals surface area contributed by atoms with E-state index in [1.807, 2.05) is 0 Å². The number of allylic oxidation sites excluding steroid dienone is 1. The summed E-state index contributed by atoms with van der Waals surface area (Å²) in [5, 5.41) is 0.640. The van der Waals surface area contributed by atoms with Crippen LogP contribution in [0.15, 0.2) is 36.9 Å². The summed E-state index contributed by atoms with van der Waals surface area (Å²) in [5.74, 6) is 2.43. The standard InChI is InChI=1S/C23H31ClO2/c1-2-3-4-17-5-7-18(8-6-17)19-11-15-22(16-12-19)26-23(25)20-9-13-21(24)14-10-20/h2,9-10,13-14,17-19,22H,1,3-8,11-12,15-16H2. The van der Waals surface area contributed by atoms with Crippen molar-refractivity contribution in [2.45, 2.75) is 70.3 Å². The van der Waals surface area contributed by atoms with E-state index < -0.39 is 0 Å². The topological polar surface area (TPSA) is 26.3 Å². The van der Waals surface area contributed by atoms with Crippen LogP contribution in [0.3, 0.4) is 0 Å². The smallest absolute Gasteiger partial charge is 0.338 e. The van der Waals surface area contributed by atoms with Gasteiger partial charge in [0.15, 0.2) is 0 Å². The second-order valence-electron chi connectivity index (χ2n) is 8.10. The average Bonchev–Trinajstić information content (AvgIpc) is 2.68. The molecule has 1 aromatic rings. The van der Waals surface area contributed by atoms with Crippen molar-refractivity contribution in [3.05, 3.63) is 47.5 Å². The van der Waals surface area contributed by atoms with Crippen molar-refractivity contribution in [3.63, 3.8) is 0 Å². The van der Waals surface area contributed by atoms with Gasteiger partial charge in [-0.2, -0.15) is 0 Å². The second kappa shape index (κ2) is 9.60. The first-order valence-electron chi connectivity index (χ1n) is 10.2. The summed E-state index contributed by atoms with van der Waals surface area (Å²) < 4.78 is 5.72. The zero-order chi connectivity index (χ0) is 18.4. The van der Waals surface area contributed by atoms with Gasteiger partial charge in [-0.15, -0.1) is 6.58 Å². The molecular formula is C23H31ClO2. The monoisotopic (exact) mass is 374 g/mol. The van der Waals surface area contributed by atoms with Gasteiger partial charge in [0.2, 0.25) is 0 Å². The third-order valence-electron chi connectivity index (χ3n) is 6.41. The Hall–Kier alpha value is -1.28. The molecule has 0 heterocycles. The van der Waals surface area contributed by atoms with E-state index in [9.17, 15) is 4.79 Å². The van der Waals surface area contributed by atoms with E-state index in [-0.39, 0.29) is 12.1 Å². The molecule has 0 atom stereocenters. The number of hydrogen-bond donors (Lipinski definition) is 0. The summed E-state index contributed by atoms with van der Waals surface area (Å²) in [5.41, 5.74) is 0.592. The normalized spacial score (nSPS) is 29.1. The minimum atomic E-state index is -0.215. The van der Waals surface area contributed by atoms with E-state index in [4.69, 9.17) is 16.3 Å². The summed E-state index contributed by atoms with van der Waals surface area (Å²) in [6.45, 7) is 3.84. The van der Waals surface area contributed by atoms with Crippen LogP contribution in [-0.2, 0) is 4.74 Å². The lowest BCUT2D eigenvalue weighted by Crippen LogP contribution is -2.29. The first-order valence-corrected chi connectivity index (χ1v) is 10.6. The van der Waals surface area contributed by atoms with E-state index >= 15 is 0 Å². The molecule has 3 rings (SSSR count). The molecule has 2 fully saturated rings. The summed E-state index contributed by atoms with van der Waals surface area (Å²) in [4.78, 5) is 12.3. The first-order chi connectivity index (χ1) is 12.7. The Morgan fingerprint density at radius 1 is 1.00 bits per heavy atom. The predicted octanol–water partition coefficient (Wildman–Crippen LogP) is 6.83. The average molecular weight is 375 g/mol. The van der Waals surface area contributed by atoms with Gasteiger partial charge in [-0.25, -0.2) is 4.79 Å². The molecule has 26 heavy (non-hydrogen) atoms. The molecule has 0 aromatic heterocycles. The largest absolute Gasteiger partial charge is 0.459 e. The highest BCUT2D eigenvalue weighted by Crippen LogP contribution is 2.41. The Labute approximate surface area is 163 Å². The third kappa shape index (κ3) is 5.36. The molecule has 0 saturated heterocycles. The number of carbonyl (C=O) groups is 1. The lowest BCUT2D eigenvalue weighted by molar-refractivity contribution is 0.0109. The molecule has 2 aliphatic rings. The molecule has 2 saturated carbocycles. The Balaban J connectivity index is 1.40. The molecular weight excluding hydrogens is 344 g/mol. The van der Waals surface area contributed by atoms with Crippen LogP contribution in [0.1, 0.15) is 74.6 Å². The van der Waals surface area contributed by atoms with Crippen molar-refractivity contribution >= 4 is 17.6 Å². The molecule has 0 aliphatic heterocycles. The molecule has 2 aliphatic carbocycles. The van der Waals surface area contributed by atoms with Crippen molar-refractivity contribution in [2.75, 3.05) is 0 Å². The van der Waals surface area contributed by atoms with Crippen LogP contribution < -0.4 is 0 Å². The van der Waals surface area contributed by atoms with Gasteiger partial charge in [0.05, 0.1) is 5.56 Å². The minimum absolute atomic E-state index is 0.0818. The van der Waals surface area contributed by atoms with Crippen molar-refractivity contribution in [3.8, 4) is 0 Å². The van der Waals surface area contributed by atoms with Crippen molar-refractivity contribution in [2.24, 2.45) is 17.8 Å². The zero-order valence-electron chi connectivity index (χ0n) is 15.7. The lowest BCUT2D eigenvalue weighted by atomic mass is 9.70. The van der Waals surface area contributed by atoms with Crippen molar-refractivity contribution < 1.29 is 9.53 Å². The quantitative estimate of drug-likeness (QED) is 0.403. The summed E-state index contributed by atoms with van der Waals surface area (Å²) in [6.07, 6.45) is 14.6. The fourth-order valence-electron chi connectivity index (χ4n) is 4.79. The Morgan fingerprint density at radius 2 is 1.58 bits per heavy atom. The van der Waals surface area contributed by atoms with Crippen LogP contribution in [0.4, 0.5) is 0 Å². The van der Waals surface area contributed by atoms with Crippen molar-refractivity contribution in [1.82, 2.24) is 0 Å². The fourth-order valence-corrected chi connectivity index (χ4v) is 4.91. The number of hydrogen-bond acceptors (Lipinski definition) is 2. The summed E-state index contributed by atoms with van der Waals surface area (Å²) in [6, 6.07) is 6.95. The molecule has 142 valence electrons. The number of ether oxygens (including phenoxy) is 1. The van der Waals surface area contributed by atoms with Gasteiger partial charge in [0.25, 0.3) is 0 Å². The molecule has 0 spiro atoms. The highest BCUT2D eigenvalue weighted by Gasteiger charge is 2.31. The Bertz CT molecular complexity index is 579. The second-order valence-corrected chi connectivity index (χ2v) is 8.53. The van der Waals surface area contributed by atoms with E-state index in [0.717, 1.165) is 30.6 Å². The number of esters is 1. The highest BCUT2D eigenvalue weighted by molar-refractivity contribution is 6.30. The summed E-state index contributed by atoms with van der Waals surface area (Å²) >= 11 is 5.88. The van der Waals surface area contributed by atoms with Gasteiger partial charge in [0, 0.05) is 5.02 Å². The Kier molecular flexibility index (Phi) is 7.19. The van der Waals surface area contributed by atoms with Crippen LogP contribution in [0.2, 0.25) is 5.02 Å². The van der Waals surface area contributed by atoms with Crippen LogP contribution in [-0.4, -0.2) is 12.1 Å². The van der Waals surface area contributed by atoms with E-state index in [2.05, 4.69) is 12.7 Å². The minimum Gasteiger partial charge on any atom is -0.459 e. The van der Waals surface area contributed by atoms with Crippen LogP contribution in [0.5, 0.6) is 0 Å². The number of carbonyl (C=O) groups excluding carboxylic acids is 1. The molecule has 0 N–H and O–H groups in total. The van der Waals surface area contributed by atoms with E-state index in [1.54, 1.807) is 24.3 Å². The van der Waals surface area contributed by atoms with Gasteiger partial charge in [-0.3, -0.25) is 0 Å². The van der Waals surface area contributed by atoms with Gasteiger partial charge >= 0.3 is 5.97 Å². The zero-order valence-corrected chi connectivity index (χ0v) is 16.4. The molecule has 2 nitrogen and oxygen atoms in total. The van der Waals surface area contributed by atoms with E-state index in [1.165, 1.54) is 51.4 Å². The SMILES string of the molecule is C=CCCC1CCC(C2CCC(OC(=O)c3ccc(Cl)cc3)CC2)CC1. The predicted molar refractivity (Wildman–Crippen MR) is 107 cm³/mol. The van der Waals surface area contributed by atoms with Gasteiger partial charge < -0.3 is 4.74 Å². The van der Waals surface area contributed by atoms with Crippen LogP contribution in [0, 0.1) is 17.8 Å². The fraction of sp³-hybridized carbons (Fsp3) is 0.609. The summed E-state index contributed by atoms with van der Waals surface area (Å²) in [7, 11) is 0. The molecule has 0 unspecified atom stereocenters. The number of rotatable bonds is 6. The highest BCUT2D eigenvalue weighted by atomic mass is 35.5. The number of halogens is 1. The van der Waals surface area contributed by atoms with Crippen LogP contribution >= 0.6 is 11.6 Å².